The molecule has 2 bridgehead atoms. The van der Waals surface area contributed by atoms with E-state index in [0.717, 1.165) is 0 Å². The summed E-state index contributed by atoms with van der Waals surface area (Å²) in [6.45, 7) is 1.80. The molecule has 3 aliphatic heterocycles. The van der Waals surface area contributed by atoms with E-state index >= 15 is 0 Å². The zero-order valence-corrected chi connectivity index (χ0v) is 21.7. The molecule has 0 aliphatic carbocycles. The van der Waals surface area contributed by atoms with Crippen LogP contribution in [-0.2, 0) is 28.5 Å². The molecule has 2 fully saturated rings. The fourth-order valence-electron chi connectivity index (χ4n) is 4.72. The number of epoxide rings is 1. The van der Waals surface area contributed by atoms with Crippen molar-refractivity contribution in [3.63, 3.8) is 0 Å². The van der Waals surface area contributed by atoms with E-state index in [1.165, 1.54) is 13.2 Å². The number of aliphatic hydroxyl groups excluding tert-OH is 2. The van der Waals surface area contributed by atoms with Crippen LogP contribution in [0, 0.1) is 5.92 Å². The highest BCUT2D eigenvalue weighted by atomic mass is 16.6. The van der Waals surface area contributed by atoms with Gasteiger partial charge in [-0.1, -0.05) is 48.6 Å². The Balaban J connectivity index is 1.77. The molecular weight excluding hydrogens is 496 g/mol. The molecule has 4 N–H and O–H groups in total. The maximum atomic E-state index is 12.0. The average molecular weight is 535 g/mol. The van der Waals surface area contributed by atoms with E-state index < -0.39 is 48.1 Å². The minimum atomic E-state index is -1.94. The summed E-state index contributed by atoms with van der Waals surface area (Å²) in [6.07, 6.45) is 12.4. The van der Waals surface area contributed by atoms with Crippen LogP contribution >= 0.6 is 0 Å². The van der Waals surface area contributed by atoms with Crippen molar-refractivity contribution in [1.29, 1.82) is 0 Å². The Bertz CT molecular complexity index is 953. The van der Waals surface area contributed by atoms with E-state index in [4.69, 9.17) is 18.9 Å². The molecule has 38 heavy (non-hydrogen) atoms. The summed E-state index contributed by atoms with van der Waals surface area (Å²) in [7, 11) is 1.47. The quantitative estimate of drug-likeness (QED) is 0.305. The standard InChI is InChI=1S/C28H38O10/c1-18-10-8-6-4-3-5-7-9-11-20(35-2)15-24-26(27(32)33)21(30)17-28(34,38-24)16-19(29)14-23-22(37-23)12-13-25(31)36-18/h3-9,11-13,18-24,26,29-30,34H,10,14-17H2,1-2H3,(H,32,33)/b4-3-,7-5+,8-6+,11-9+,13-12+/t18-,19+,20?,21+,22-,23-,24+,26-,28-/m1/s1. The molecule has 3 aliphatic rings. The molecule has 0 amide bonds. The van der Waals surface area contributed by atoms with Crippen LogP contribution in [0.2, 0.25) is 0 Å². The smallest absolute Gasteiger partial charge is 0.330 e. The number of carbonyl (C=O) groups is 2. The van der Waals surface area contributed by atoms with E-state index in [1.807, 2.05) is 24.3 Å². The number of aliphatic hydroxyl groups is 3. The Morgan fingerprint density at radius 2 is 1.74 bits per heavy atom. The van der Waals surface area contributed by atoms with E-state index in [2.05, 4.69) is 0 Å². The van der Waals surface area contributed by atoms with Crippen molar-refractivity contribution in [2.24, 2.45) is 5.92 Å². The lowest BCUT2D eigenvalue weighted by atomic mass is 9.83. The highest BCUT2D eigenvalue weighted by molar-refractivity contribution is 5.82. The van der Waals surface area contributed by atoms with Crippen LogP contribution in [0.15, 0.2) is 60.8 Å². The van der Waals surface area contributed by atoms with Crippen molar-refractivity contribution in [3.8, 4) is 0 Å². The van der Waals surface area contributed by atoms with Crippen LogP contribution in [0.4, 0.5) is 0 Å². The van der Waals surface area contributed by atoms with Crippen LogP contribution in [0.25, 0.3) is 0 Å². The predicted molar refractivity (Wildman–Crippen MR) is 137 cm³/mol. The van der Waals surface area contributed by atoms with Gasteiger partial charge in [-0.2, -0.15) is 0 Å². The first kappa shape index (κ1) is 29.9. The average Bonchev–Trinajstić information content (AvgIpc) is 3.56. The molecule has 0 saturated carbocycles. The first-order valence-electron chi connectivity index (χ1n) is 12.8. The zero-order valence-electron chi connectivity index (χ0n) is 21.7. The second-order valence-electron chi connectivity index (χ2n) is 9.91. The molecule has 0 radical (unpaired) electrons. The van der Waals surface area contributed by atoms with Gasteiger partial charge < -0.3 is 39.4 Å². The maximum Gasteiger partial charge on any atom is 0.330 e. The normalized spacial score (nSPS) is 43.3. The molecule has 0 aromatic carbocycles. The van der Waals surface area contributed by atoms with Crippen molar-refractivity contribution in [2.75, 3.05) is 7.11 Å². The Hall–Kier alpha value is -2.60. The van der Waals surface area contributed by atoms with Gasteiger partial charge in [0.1, 0.15) is 18.1 Å². The third-order valence-electron chi connectivity index (χ3n) is 6.67. The number of rotatable bonds is 2. The van der Waals surface area contributed by atoms with Gasteiger partial charge in [-0.25, -0.2) is 4.79 Å². The number of allylic oxidation sites excluding steroid dienone is 6. The van der Waals surface area contributed by atoms with Crippen molar-refractivity contribution < 1.29 is 49.0 Å². The van der Waals surface area contributed by atoms with Gasteiger partial charge in [0, 0.05) is 45.3 Å². The zero-order chi connectivity index (χ0) is 27.7. The third kappa shape index (κ3) is 9.30. The predicted octanol–water partition coefficient (Wildman–Crippen LogP) is 1.96. The van der Waals surface area contributed by atoms with Crippen LogP contribution in [0.5, 0.6) is 0 Å². The van der Waals surface area contributed by atoms with Crippen molar-refractivity contribution in [3.05, 3.63) is 60.8 Å². The molecule has 3 heterocycles. The summed E-state index contributed by atoms with van der Waals surface area (Å²) in [4.78, 5) is 23.9. The van der Waals surface area contributed by atoms with Gasteiger partial charge in [-0.05, 0) is 13.0 Å². The monoisotopic (exact) mass is 534 g/mol. The molecule has 10 nitrogen and oxygen atoms in total. The number of carboxylic acids is 1. The summed E-state index contributed by atoms with van der Waals surface area (Å²) in [5.74, 6) is -4.95. The molecule has 0 spiro atoms. The largest absolute Gasteiger partial charge is 0.481 e. The highest BCUT2D eigenvalue weighted by Crippen LogP contribution is 2.38. The second-order valence-corrected chi connectivity index (χ2v) is 9.91. The molecule has 1 unspecified atom stereocenters. The summed E-state index contributed by atoms with van der Waals surface area (Å²) < 4.78 is 22.1. The number of fused-ring (bicyclic) bond motifs is 3. The lowest BCUT2D eigenvalue weighted by Crippen LogP contribution is -2.56. The fourth-order valence-corrected chi connectivity index (χ4v) is 4.72. The number of carbonyl (C=O) groups excluding carboxylic acids is 1. The minimum Gasteiger partial charge on any atom is -0.481 e. The number of carboxylic acid groups (broad SMARTS) is 1. The van der Waals surface area contributed by atoms with Crippen molar-refractivity contribution in [2.45, 2.75) is 87.5 Å². The van der Waals surface area contributed by atoms with Gasteiger partial charge in [0.2, 0.25) is 0 Å². The lowest BCUT2D eigenvalue weighted by molar-refractivity contribution is -0.300. The van der Waals surface area contributed by atoms with Gasteiger partial charge in [0.05, 0.1) is 30.5 Å². The molecule has 3 rings (SSSR count). The van der Waals surface area contributed by atoms with Gasteiger partial charge in [0.25, 0.3) is 0 Å². The summed E-state index contributed by atoms with van der Waals surface area (Å²) in [6, 6.07) is 0. The van der Waals surface area contributed by atoms with E-state index in [1.54, 1.807) is 37.3 Å². The summed E-state index contributed by atoms with van der Waals surface area (Å²) >= 11 is 0. The van der Waals surface area contributed by atoms with Gasteiger partial charge in [-0.3, -0.25) is 4.79 Å². The number of cyclic esters (lactones) is 1. The molecule has 9 atom stereocenters. The van der Waals surface area contributed by atoms with Gasteiger partial charge in [0.15, 0.2) is 5.79 Å². The maximum absolute atomic E-state index is 12.0. The SMILES string of the molecule is COC1/C=C/C=C/C=C\C=C\C[C@@H](C)OC(=O)/C=C/[C@H]2O[C@@H]2C[C@H](O)C[C@]2(O)C[C@H](O)[C@@H](C(=O)O)[C@H](C1)O2. The van der Waals surface area contributed by atoms with Crippen LogP contribution in [0.1, 0.15) is 39.0 Å². The number of hydrogen-bond acceptors (Lipinski definition) is 9. The number of esters is 1. The van der Waals surface area contributed by atoms with Gasteiger partial charge >= 0.3 is 11.9 Å². The summed E-state index contributed by atoms with van der Waals surface area (Å²) in [5, 5.41) is 42.0. The van der Waals surface area contributed by atoms with Crippen molar-refractivity contribution >= 4 is 11.9 Å². The Labute approximate surface area is 222 Å². The molecular formula is C28H38O10. The van der Waals surface area contributed by atoms with E-state index in [9.17, 15) is 30.0 Å². The molecule has 0 aromatic heterocycles. The van der Waals surface area contributed by atoms with Crippen LogP contribution in [0.3, 0.4) is 0 Å². The first-order chi connectivity index (χ1) is 18.1. The van der Waals surface area contributed by atoms with Crippen LogP contribution < -0.4 is 0 Å². The Morgan fingerprint density at radius 3 is 2.45 bits per heavy atom. The fraction of sp³-hybridized carbons (Fsp3) is 0.571. The van der Waals surface area contributed by atoms with Crippen molar-refractivity contribution in [1.82, 2.24) is 0 Å². The minimum absolute atomic E-state index is 0.0682. The first-order valence-corrected chi connectivity index (χ1v) is 12.8. The number of ether oxygens (including phenoxy) is 4. The Kier molecular flexibility index (Phi) is 11.0. The molecule has 0 aromatic rings. The number of methoxy groups -OCH3 is 1. The molecule has 210 valence electrons. The Morgan fingerprint density at radius 1 is 1.03 bits per heavy atom. The lowest BCUT2D eigenvalue weighted by Gasteiger charge is -2.44. The summed E-state index contributed by atoms with van der Waals surface area (Å²) in [5.41, 5.74) is 0. The second kappa shape index (κ2) is 14.0. The highest BCUT2D eigenvalue weighted by Gasteiger charge is 2.50. The van der Waals surface area contributed by atoms with E-state index in [-0.39, 0.29) is 44.0 Å². The molecule has 10 heteroatoms. The number of aliphatic carboxylic acids is 1. The molecule has 2 saturated heterocycles. The van der Waals surface area contributed by atoms with Crippen LogP contribution in [-0.4, -0.2) is 88.0 Å². The topological polar surface area (TPSA) is 155 Å². The van der Waals surface area contributed by atoms with E-state index in [0.29, 0.717) is 6.42 Å². The van der Waals surface area contributed by atoms with Gasteiger partial charge in [-0.15, -0.1) is 0 Å². The number of hydrogen-bond donors (Lipinski definition) is 4. The third-order valence-corrected chi connectivity index (χ3v) is 6.67.